The molecule has 0 atom stereocenters. The summed E-state index contributed by atoms with van der Waals surface area (Å²) in [5, 5.41) is 3.77. The number of carbonyl (C=O) groups is 2. The first kappa shape index (κ1) is 23.5. The van der Waals surface area contributed by atoms with Crippen molar-refractivity contribution in [1.29, 1.82) is 0 Å². The van der Waals surface area contributed by atoms with Crippen molar-refractivity contribution in [3.05, 3.63) is 69.6 Å². The number of halogens is 3. The minimum absolute atomic E-state index is 0.0835. The number of fused-ring (bicyclic) bond motifs is 1. The number of carbonyl (C=O) groups excluding carboxylic acids is 2. The first-order chi connectivity index (χ1) is 16.8. The molecule has 2 aromatic rings. The molecule has 7 nitrogen and oxygen atoms in total. The van der Waals surface area contributed by atoms with Gasteiger partial charge in [-0.2, -0.15) is 0 Å². The van der Waals surface area contributed by atoms with Gasteiger partial charge in [0, 0.05) is 54.8 Å². The molecule has 0 unspecified atom stereocenters. The van der Waals surface area contributed by atoms with Gasteiger partial charge in [0.2, 0.25) is 0 Å². The smallest absolute Gasteiger partial charge is 0.262 e. The topological polar surface area (TPSA) is 71.1 Å². The Labute approximate surface area is 211 Å². The van der Waals surface area contributed by atoms with E-state index in [1.54, 1.807) is 17.0 Å². The van der Waals surface area contributed by atoms with Crippen molar-refractivity contribution in [2.24, 2.45) is 5.92 Å². The lowest BCUT2D eigenvalue weighted by atomic mass is 9.99. The van der Waals surface area contributed by atoms with E-state index in [1.807, 2.05) is 30.2 Å². The zero-order chi connectivity index (χ0) is 24.7. The molecule has 0 aliphatic carbocycles. The first-order valence-corrected chi connectivity index (χ1v) is 11.8. The summed E-state index contributed by atoms with van der Waals surface area (Å²) in [6.45, 7) is 1.76. The number of amides is 2. The van der Waals surface area contributed by atoms with Crippen LogP contribution in [-0.2, 0) is 4.79 Å². The zero-order valence-electron chi connectivity index (χ0n) is 18.8. The third-order valence-corrected chi connectivity index (χ3v) is 6.83. The Morgan fingerprint density at radius 2 is 2.06 bits per heavy atom. The number of ether oxygens (including phenoxy) is 2. The van der Waals surface area contributed by atoms with Crippen molar-refractivity contribution in [2.45, 2.75) is 0 Å². The van der Waals surface area contributed by atoms with E-state index in [1.165, 1.54) is 6.07 Å². The van der Waals surface area contributed by atoms with Crippen LogP contribution in [0.5, 0.6) is 11.5 Å². The minimum Gasteiger partial charge on any atom is -0.493 e. The summed E-state index contributed by atoms with van der Waals surface area (Å²) in [7, 11) is 1.91. The number of likely N-dealkylation sites (N-methyl/N-ethyl adjacent to an activating group) is 1. The predicted molar refractivity (Wildman–Crippen MR) is 131 cm³/mol. The molecule has 3 heterocycles. The number of benzene rings is 2. The lowest BCUT2D eigenvalue weighted by molar-refractivity contribution is -0.118. The molecular weight excluding hydrogens is 496 g/mol. The Bertz CT molecular complexity index is 1270. The summed E-state index contributed by atoms with van der Waals surface area (Å²) in [4.78, 5) is 27.9. The number of hydrogen-bond donors (Lipinski definition) is 1. The van der Waals surface area contributed by atoms with E-state index < -0.39 is 11.7 Å². The van der Waals surface area contributed by atoms with Crippen molar-refractivity contribution in [3.8, 4) is 11.5 Å². The van der Waals surface area contributed by atoms with E-state index in [2.05, 4.69) is 5.32 Å². The van der Waals surface area contributed by atoms with Crippen LogP contribution in [0.25, 0.3) is 5.57 Å². The Balaban J connectivity index is 1.24. The molecule has 2 aromatic carbocycles. The fourth-order valence-corrected chi connectivity index (χ4v) is 4.61. The van der Waals surface area contributed by atoms with Crippen molar-refractivity contribution >= 4 is 46.3 Å². The van der Waals surface area contributed by atoms with Gasteiger partial charge in [-0.15, -0.1) is 0 Å². The molecule has 182 valence electrons. The molecule has 2 amide bonds. The monoisotopic (exact) mass is 517 g/mol. The lowest BCUT2D eigenvalue weighted by Gasteiger charge is -2.39. The summed E-state index contributed by atoms with van der Waals surface area (Å²) in [6.07, 6.45) is 3.96. The van der Waals surface area contributed by atoms with Crippen LogP contribution in [0.4, 0.5) is 10.1 Å². The molecule has 0 saturated carbocycles. The van der Waals surface area contributed by atoms with Gasteiger partial charge in [-0.3, -0.25) is 9.59 Å². The van der Waals surface area contributed by atoms with E-state index in [9.17, 15) is 14.0 Å². The second-order valence-corrected chi connectivity index (χ2v) is 9.47. The van der Waals surface area contributed by atoms with Gasteiger partial charge in [0.1, 0.15) is 22.5 Å². The van der Waals surface area contributed by atoms with Crippen LogP contribution in [0.3, 0.4) is 0 Å². The highest BCUT2D eigenvalue weighted by molar-refractivity contribution is 6.33. The first-order valence-electron chi connectivity index (χ1n) is 11.1. The summed E-state index contributed by atoms with van der Waals surface area (Å²) < 4.78 is 25.8. The van der Waals surface area contributed by atoms with Gasteiger partial charge in [-0.25, -0.2) is 4.39 Å². The highest BCUT2D eigenvalue weighted by Gasteiger charge is 2.34. The number of hydrogen-bond acceptors (Lipinski definition) is 5. The van der Waals surface area contributed by atoms with E-state index in [0.29, 0.717) is 35.6 Å². The Hall–Kier alpha value is -3.23. The fraction of sp³-hybridized carbons (Fsp3) is 0.280. The van der Waals surface area contributed by atoms with Gasteiger partial charge in [0.05, 0.1) is 17.9 Å². The molecule has 0 bridgehead atoms. The van der Waals surface area contributed by atoms with Gasteiger partial charge in [-0.05, 0) is 24.3 Å². The SMILES string of the molecule is CN1CC=CC(c2cc(Cl)ccc2OCC2CN(C(=O)c3cc4c(cc3F)OCC(=O)N4)C2)=C1Cl. The van der Waals surface area contributed by atoms with Gasteiger partial charge in [0.15, 0.2) is 6.61 Å². The maximum absolute atomic E-state index is 14.5. The molecule has 10 heteroatoms. The largest absolute Gasteiger partial charge is 0.493 e. The average Bonchev–Trinajstić information content (AvgIpc) is 2.80. The normalized spacial score (nSPS) is 17.5. The van der Waals surface area contributed by atoms with Crippen molar-refractivity contribution in [2.75, 3.05) is 45.2 Å². The molecule has 1 fully saturated rings. The molecule has 3 aliphatic rings. The number of allylic oxidation sites excluding steroid dienone is 2. The van der Waals surface area contributed by atoms with Gasteiger partial charge in [0.25, 0.3) is 11.8 Å². The molecule has 35 heavy (non-hydrogen) atoms. The molecule has 3 aliphatic heterocycles. The lowest BCUT2D eigenvalue weighted by Crippen LogP contribution is -2.52. The standard InChI is InChI=1S/C25H22Cl2FN3O4/c1-30-6-2-3-16(24(30)27)17-7-15(26)4-5-21(17)34-12-14-10-31(11-14)25(33)18-8-20-22(9-19(18)28)35-13-23(32)29-20/h2-5,7-9,14H,6,10-13H2,1H3,(H,29,32). The van der Waals surface area contributed by atoms with E-state index in [0.717, 1.165) is 23.7 Å². The highest BCUT2D eigenvalue weighted by atomic mass is 35.5. The number of nitrogens with zero attached hydrogens (tertiary/aromatic N) is 2. The van der Waals surface area contributed by atoms with Gasteiger partial charge < -0.3 is 24.6 Å². The summed E-state index contributed by atoms with van der Waals surface area (Å²) in [5.74, 6) is -0.546. The molecule has 0 aromatic heterocycles. The Morgan fingerprint density at radius 3 is 2.86 bits per heavy atom. The zero-order valence-corrected chi connectivity index (χ0v) is 20.3. The maximum atomic E-state index is 14.5. The number of anilines is 1. The van der Waals surface area contributed by atoms with E-state index in [4.69, 9.17) is 32.7 Å². The second kappa shape index (κ2) is 9.43. The van der Waals surface area contributed by atoms with Crippen LogP contribution in [0, 0.1) is 11.7 Å². The third kappa shape index (κ3) is 4.68. The van der Waals surface area contributed by atoms with Crippen molar-refractivity contribution in [1.82, 2.24) is 9.80 Å². The molecule has 5 rings (SSSR count). The van der Waals surface area contributed by atoms with Crippen molar-refractivity contribution in [3.63, 3.8) is 0 Å². The number of rotatable bonds is 5. The fourth-order valence-electron chi connectivity index (χ4n) is 4.21. The van der Waals surface area contributed by atoms with Crippen LogP contribution in [0.15, 0.2) is 47.6 Å². The van der Waals surface area contributed by atoms with Gasteiger partial charge >= 0.3 is 0 Å². The quantitative estimate of drug-likeness (QED) is 0.596. The minimum atomic E-state index is -0.689. The third-order valence-electron chi connectivity index (χ3n) is 6.10. The van der Waals surface area contributed by atoms with Crippen LogP contribution in [-0.4, -0.2) is 61.5 Å². The Morgan fingerprint density at radius 1 is 1.26 bits per heavy atom. The molecule has 1 N–H and O–H groups in total. The van der Waals surface area contributed by atoms with Crippen LogP contribution >= 0.6 is 23.2 Å². The molecule has 0 spiro atoms. The average molecular weight is 518 g/mol. The predicted octanol–water partition coefficient (Wildman–Crippen LogP) is 4.37. The van der Waals surface area contributed by atoms with E-state index >= 15 is 0 Å². The molecular formula is C25H22Cl2FN3O4. The summed E-state index contributed by atoms with van der Waals surface area (Å²) in [5.41, 5.74) is 1.79. The van der Waals surface area contributed by atoms with Gasteiger partial charge in [-0.1, -0.05) is 35.4 Å². The van der Waals surface area contributed by atoms with Crippen LogP contribution in [0.2, 0.25) is 5.02 Å². The molecule has 0 radical (unpaired) electrons. The Kier molecular flexibility index (Phi) is 6.34. The van der Waals surface area contributed by atoms with Crippen LogP contribution in [0.1, 0.15) is 15.9 Å². The van der Waals surface area contributed by atoms with E-state index in [-0.39, 0.29) is 35.4 Å². The summed E-state index contributed by atoms with van der Waals surface area (Å²) in [6, 6.07) is 7.82. The summed E-state index contributed by atoms with van der Waals surface area (Å²) >= 11 is 12.8. The van der Waals surface area contributed by atoms with Crippen LogP contribution < -0.4 is 14.8 Å². The van der Waals surface area contributed by atoms with Crippen molar-refractivity contribution < 1.29 is 23.5 Å². The second-order valence-electron chi connectivity index (χ2n) is 8.68. The number of likely N-dealkylation sites (tertiary alicyclic amines) is 1. The maximum Gasteiger partial charge on any atom is 0.262 e. The highest BCUT2D eigenvalue weighted by Crippen LogP contribution is 2.36. The molecule has 1 saturated heterocycles. The number of nitrogens with one attached hydrogen (secondary N) is 1.